The van der Waals surface area contributed by atoms with Gasteiger partial charge in [0.15, 0.2) is 0 Å². The summed E-state index contributed by atoms with van der Waals surface area (Å²) in [5, 5.41) is 0. The summed E-state index contributed by atoms with van der Waals surface area (Å²) in [6, 6.07) is 0. The van der Waals surface area contributed by atoms with Crippen LogP contribution in [-0.2, 0) is 0 Å². The highest BCUT2D eigenvalue weighted by Gasteiger charge is 2.64. The summed E-state index contributed by atoms with van der Waals surface area (Å²) >= 11 is 0. The van der Waals surface area contributed by atoms with Gasteiger partial charge in [-0.1, -0.05) is 0 Å². The molecular weight excluding hydrogens is 331 g/mol. The Bertz CT molecular complexity index is 388. The normalized spacial score (nSPS) is 35.4. The van der Waals surface area contributed by atoms with Crippen LogP contribution in [0.15, 0.2) is 0 Å². The molecule has 0 aromatic heterocycles. The molecule has 3 nitrogen and oxygen atoms in total. The van der Waals surface area contributed by atoms with Crippen molar-refractivity contribution in [3.63, 3.8) is 0 Å². The maximum atomic E-state index is 5.05. The molecule has 2 heterocycles. The Balaban J connectivity index is 2.62. The van der Waals surface area contributed by atoms with E-state index in [1.807, 2.05) is 0 Å². The predicted molar refractivity (Wildman–Crippen MR) is 116 cm³/mol. The number of rotatable bonds is 5. The van der Waals surface area contributed by atoms with Crippen LogP contribution in [0.1, 0.15) is 53.4 Å². The number of hydrogen-bond donors (Lipinski definition) is 0. The lowest BCUT2D eigenvalue weighted by Crippen LogP contribution is -2.59. The van der Waals surface area contributed by atoms with Crippen molar-refractivity contribution in [2.45, 2.75) is 76.0 Å². The molecule has 2 aliphatic rings. The third-order valence-electron chi connectivity index (χ3n) is 6.95. The standard InChI is InChI=1S/C18H40BN3P2/c1-15-11-12-16(2)23(15,9)22(19(20(5)6)21(7)8)24(10)17(3)13-14-18(24)4/h15-18H,9-14H2,1-8H3/t15-,16-,17-,18-/m1/s1. The maximum Gasteiger partial charge on any atom is 0.478 e. The molecule has 6 heteroatoms. The van der Waals surface area contributed by atoms with Crippen LogP contribution in [0, 0.1) is 13.3 Å². The first kappa shape index (κ1) is 21.1. The van der Waals surface area contributed by atoms with E-state index in [4.69, 9.17) is 13.3 Å². The zero-order valence-electron chi connectivity index (χ0n) is 17.4. The van der Waals surface area contributed by atoms with Gasteiger partial charge in [0.25, 0.3) is 0 Å². The van der Waals surface area contributed by atoms with E-state index in [9.17, 15) is 0 Å². The molecule has 0 unspecified atom stereocenters. The maximum absolute atomic E-state index is 5.05. The van der Waals surface area contributed by atoms with Gasteiger partial charge in [-0.25, -0.2) is 0 Å². The molecule has 2 fully saturated rings. The third-order valence-corrected chi connectivity index (χ3v) is 18.0. The van der Waals surface area contributed by atoms with E-state index in [2.05, 4.69) is 69.9 Å². The van der Waals surface area contributed by atoms with Crippen LogP contribution in [-0.4, -0.2) is 71.9 Å². The molecule has 2 saturated heterocycles. The van der Waals surface area contributed by atoms with Crippen LogP contribution >= 0.6 is 14.8 Å². The molecule has 0 bridgehead atoms. The van der Waals surface area contributed by atoms with Crippen LogP contribution in [0.25, 0.3) is 0 Å². The average Bonchev–Trinajstić information content (AvgIpc) is 2.89. The second-order valence-corrected chi connectivity index (χ2v) is 17.2. The third kappa shape index (κ3) is 3.14. The highest BCUT2D eigenvalue weighted by atomic mass is 31.2. The van der Waals surface area contributed by atoms with Crippen molar-refractivity contribution in [1.29, 1.82) is 0 Å². The minimum absolute atomic E-state index is 0.313. The Morgan fingerprint density at radius 3 is 1.12 bits per heavy atom. The molecule has 0 aromatic rings. The van der Waals surface area contributed by atoms with E-state index >= 15 is 0 Å². The van der Waals surface area contributed by atoms with Crippen molar-refractivity contribution in [2.24, 2.45) is 0 Å². The fourth-order valence-electron chi connectivity index (χ4n) is 5.11. The minimum Gasteiger partial charge on any atom is -0.314 e. The molecule has 24 heavy (non-hydrogen) atoms. The van der Waals surface area contributed by atoms with Crippen molar-refractivity contribution < 1.29 is 0 Å². The van der Waals surface area contributed by atoms with Crippen LogP contribution in [0.2, 0.25) is 0 Å². The molecule has 0 spiro atoms. The zero-order chi connectivity index (χ0) is 18.4. The molecule has 0 aromatic carbocycles. The van der Waals surface area contributed by atoms with Crippen LogP contribution in [0.4, 0.5) is 0 Å². The van der Waals surface area contributed by atoms with E-state index in [1.54, 1.807) is 0 Å². The molecular formula is C18H40BN3P2. The second kappa shape index (κ2) is 7.44. The zero-order valence-corrected chi connectivity index (χ0v) is 19.2. The molecule has 2 rings (SSSR count). The summed E-state index contributed by atoms with van der Waals surface area (Å²) < 4.78 is 2.96. The van der Waals surface area contributed by atoms with Gasteiger partial charge in [0.1, 0.15) is 0 Å². The van der Waals surface area contributed by atoms with Gasteiger partial charge < -0.3 is 9.62 Å². The predicted octanol–water partition coefficient (Wildman–Crippen LogP) is 4.99. The lowest BCUT2D eigenvalue weighted by molar-refractivity contribution is 0.483. The topological polar surface area (TPSA) is 9.72 Å². The summed E-state index contributed by atoms with van der Waals surface area (Å²) in [4.78, 5) is 4.80. The Morgan fingerprint density at radius 2 is 0.917 bits per heavy atom. The molecule has 0 amide bonds. The van der Waals surface area contributed by atoms with Gasteiger partial charge in [-0.2, -0.15) is 13.3 Å². The first-order valence-corrected chi connectivity index (χ1v) is 13.7. The second-order valence-electron chi connectivity index (χ2n) is 8.92. The van der Waals surface area contributed by atoms with E-state index in [0.29, 0.717) is 7.12 Å². The molecule has 140 valence electrons. The Morgan fingerprint density at radius 1 is 0.667 bits per heavy atom. The highest BCUT2D eigenvalue weighted by molar-refractivity contribution is 7.92. The summed E-state index contributed by atoms with van der Waals surface area (Å²) in [6.45, 7) is 20.0. The van der Waals surface area contributed by atoms with Gasteiger partial charge in [-0.3, -0.25) is 0 Å². The largest absolute Gasteiger partial charge is 0.478 e. The van der Waals surface area contributed by atoms with Gasteiger partial charge in [-0.15, -0.1) is 4.35 Å². The van der Waals surface area contributed by atoms with E-state index in [1.165, 1.54) is 25.7 Å². The van der Waals surface area contributed by atoms with Crippen molar-refractivity contribution in [3.8, 4) is 0 Å². The van der Waals surface area contributed by atoms with Gasteiger partial charge >= 0.3 is 7.12 Å². The Kier molecular flexibility index (Phi) is 6.54. The average molecular weight is 371 g/mol. The monoisotopic (exact) mass is 371 g/mol. The SMILES string of the molecule is [CH2-][P+]1(N(B(N(C)C)N(C)C)[P+]2([CH2-])[C@H](C)CC[C@H]2C)[C@H](C)CC[C@H]1C. The quantitative estimate of drug-likeness (QED) is 0.383. The van der Waals surface area contributed by atoms with Gasteiger partial charge in [0.2, 0.25) is 0 Å². The van der Waals surface area contributed by atoms with Crippen LogP contribution in [0.3, 0.4) is 0 Å². The Hall–Kier alpha value is 0.805. The minimum atomic E-state index is -1.48. The summed E-state index contributed by atoms with van der Waals surface area (Å²) in [5.41, 5.74) is 2.92. The summed E-state index contributed by atoms with van der Waals surface area (Å²) in [5.74, 6) is 0. The fraction of sp³-hybridized carbons (Fsp3) is 0.889. The number of nitrogens with zero attached hydrogens (tertiary/aromatic N) is 3. The van der Waals surface area contributed by atoms with Gasteiger partial charge in [-0.05, 0) is 96.4 Å². The molecule has 2 aliphatic heterocycles. The van der Waals surface area contributed by atoms with E-state index in [0.717, 1.165) is 22.6 Å². The molecule has 0 radical (unpaired) electrons. The van der Waals surface area contributed by atoms with Crippen molar-refractivity contribution in [2.75, 3.05) is 28.2 Å². The Labute approximate surface area is 153 Å². The summed E-state index contributed by atoms with van der Waals surface area (Å²) in [7, 11) is 6.27. The van der Waals surface area contributed by atoms with Gasteiger partial charge in [0.05, 0.1) is 22.6 Å². The van der Waals surface area contributed by atoms with Crippen LogP contribution in [0.5, 0.6) is 0 Å². The first-order chi connectivity index (χ1) is 11.0. The number of hydrogen-bond acceptors (Lipinski definition) is 3. The van der Waals surface area contributed by atoms with Crippen molar-refractivity contribution >= 4 is 21.9 Å². The first-order valence-electron chi connectivity index (χ1n) is 9.57. The van der Waals surface area contributed by atoms with Crippen LogP contribution < -0.4 is 0 Å². The highest BCUT2D eigenvalue weighted by Crippen LogP contribution is 2.88. The molecule has 0 saturated carbocycles. The van der Waals surface area contributed by atoms with Crippen molar-refractivity contribution in [1.82, 2.24) is 14.0 Å². The fourth-order valence-corrected chi connectivity index (χ4v) is 17.0. The lowest BCUT2D eigenvalue weighted by atomic mass is 9.92. The summed E-state index contributed by atoms with van der Waals surface area (Å²) in [6.07, 6.45) is 5.35. The van der Waals surface area contributed by atoms with E-state index in [-0.39, 0.29) is 0 Å². The van der Waals surface area contributed by atoms with Gasteiger partial charge in [0, 0.05) is 0 Å². The lowest BCUT2D eigenvalue weighted by Gasteiger charge is -2.56. The molecule has 4 atom stereocenters. The molecule has 0 N–H and O–H groups in total. The molecule has 0 aliphatic carbocycles. The smallest absolute Gasteiger partial charge is 0.314 e. The van der Waals surface area contributed by atoms with Crippen molar-refractivity contribution in [3.05, 3.63) is 13.3 Å². The van der Waals surface area contributed by atoms with E-state index < -0.39 is 14.8 Å².